The number of carbonyl (C=O) groups is 2. The zero-order valence-electron chi connectivity index (χ0n) is 15.6. The topological polar surface area (TPSA) is 67.4 Å². The van der Waals surface area contributed by atoms with Crippen LogP contribution in [0, 0.1) is 11.8 Å². The maximum Gasteiger partial charge on any atom is 0.223 e. The molecule has 2 unspecified atom stereocenters. The highest BCUT2D eigenvalue weighted by Gasteiger charge is 2.38. The molecule has 1 fully saturated rings. The zero-order chi connectivity index (χ0) is 19.1. The fourth-order valence-corrected chi connectivity index (χ4v) is 2.89. The quantitative estimate of drug-likeness (QED) is 0.717. The highest BCUT2D eigenvalue weighted by atomic mass is 16.5. The second-order valence-corrected chi connectivity index (χ2v) is 7.06. The molecule has 2 aromatic rings. The van der Waals surface area contributed by atoms with E-state index in [0.717, 1.165) is 23.3 Å². The molecule has 2 amide bonds. The summed E-state index contributed by atoms with van der Waals surface area (Å²) in [5.41, 5.74) is 2.09. The van der Waals surface area contributed by atoms with Gasteiger partial charge < -0.3 is 15.4 Å². The summed E-state index contributed by atoms with van der Waals surface area (Å²) < 4.78 is 5.81. The molecule has 142 valence electrons. The fraction of sp³-hybridized carbons (Fsp3) is 0.364. The lowest BCUT2D eigenvalue weighted by atomic mass is 10.2. The van der Waals surface area contributed by atoms with E-state index in [-0.39, 0.29) is 24.2 Å². The molecule has 2 aromatic carbocycles. The van der Waals surface area contributed by atoms with Crippen LogP contribution in [0.1, 0.15) is 30.9 Å². The predicted molar refractivity (Wildman–Crippen MR) is 104 cm³/mol. The average molecular weight is 366 g/mol. The second-order valence-electron chi connectivity index (χ2n) is 7.06. The van der Waals surface area contributed by atoms with Crippen molar-refractivity contribution in [3.8, 4) is 5.75 Å². The Kier molecular flexibility index (Phi) is 6.47. The fourth-order valence-electron chi connectivity index (χ4n) is 2.89. The summed E-state index contributed by atoms with van der Waals surface area (Å²) in [6.45, 7) is 3.40. The third-order valence-corrected chi connectivity index (χ3v) is 4.73. The molecule has 2 N–H and O–H groups in total. The van der Waals surface area contributed by atoms with Gasteiger partial charge in [-0.15, -0.1) is 0 Å². The summed E-state index contributed by atoms with van der Waals surface area (Å²) in [6, 6.07) is 17.7. The molecule has 0 saturated heterocycles. The molecule has 27 heavy (non-hydrogen) atoms. The van der Waals surface area contributed by atoms with Crippen molar-refractivity contribution in [1.29, 1.82) is 0 Å². The minimum absolute atomic E-state index is 0.0681. The molecule has 0 spiro atoms. The Morgan fingerprint density at radius 3 is 2.52 bits per heavy atom. The summed E-state index contributed by atoms with van der Waals surface area (Å²) in [7, 11) is 0. The first-order chi connectivity index (χ1) is 13.1. The molecule has 0 bridgehead atoms. The van der Waals surface area contributed by atoms with Crippen LogP contribution in [0.3, 0.4) is 0 Å². The standard InChI is InChI=1S/C22H26N2O3/c1-16-12-20(16)22(26)23-11-10-21(25)24-14-18-8-5-9-19(13-18)27-15-17-6-3-2-4-7-17/h2-9,13,16,20H,10-12,14-15H2,1H3,(H,23,26)(H,24,25). The van der Waals surface area contributed by atoms with E-state index < -0.39 is 0 Å². The minimum Gasteiger partial charge on any atom is -0.489 e. The van der Waals surface area contributed by atoms with E-state index in [1.54, 1.807) is 0 Å². The average Bonchev–Trinajstić information content (AvgIpc) is 3.43. The maximum atomic E-state index is 11.9. The van der Waals surface area contributed by atoms with Crippen molar-refractivity contribution in [2.75, 3.05) is 6.54 Å². The summed E-state index contributed by atoms with van der Waals surface area (Å²) in [5, 5.41) is 5.71. The minimum atomic E-state index is -0.0743. The van der Waals surface area contributed by atoms with Crippen LogP contribution < -0.4 is 15.4 Å². The van der Waals surface area contributed by atoms with Gasteiger partial charge in [0.1, 0.15) is 12.4 Å². The summed E-state index contributed by atoms with van der Waals surface area (Å²) in [5.74, 6) is 1.40. The number of ether oxygens (including phenoxy) is 1. The van der Waals surface area contributed by atoms with Gasteiger partial charge in [0.05, 0.1) is 0 Å². The van der Waals surface area contributed by atoms with E-state index in [4.69, 9.17) is 4.74 Å². The van der Waals surface area contributed by atoms with Gasteiger partial charge in [-0.25, -0.2) is 0 Å². The summed E-state index contributed by atoms with van der Waals surface area (Å²) >= 11 is 0. The number of carbonyl (C=O) groups excluding carboxylic acids is 2. The first-order valence-corrected chi connectivity index (χ1v) is 9.42. The van der Waals surface area contributed by atoms with Crippen molar-refractivity contribution in [3.63, 3.8) is 0 Å². The van der Waals surface area contributed by atoms with Crippen LogP contribution in [0.25, 0.3) is 0 Å². The van der Waals surface area contributed by atoms with Gasteiger partial charge in [0.25, 0.3) is 0 Å². The molecule has 5 heteroatoms. The Bertz CT molecular complexity index is 776. The van der Waals surface area contributed by atoms with E-state index in [2.05, 4.69) is 17.6 Å². The van der Waals surface area contributed by atoms with E-state index in [0.29, 0.717) is 25.6 Å². The molecule has 0 aliphatic heterocycles. The van der Waals surface area contributed by atoms with E-state index in [1.165, 1.54) is 0 Å². The molecule has 0 aromatic heterocycles. The lowest BCUT2D eigenvalue weighted by Crippen LogP contribution is -2.31. The number of rotatable bonds is 9. The van der Waals surface area contributed by atoms with Crippen molar-refractivity contribution < 1.29 is 14.3 Å². The largest absolute Gasteiger partial charge is 0.489 e. The van der Waals surface area contributed by atoms with Gasteiger partial charge in [-0.3, -0.25) is 9.59 Å². The van der Waals surface area contributed by atoms with Crippen molar-refractivity contribution >= 4 is 11.8 Å². The zero-order valence-corrected chi connectivity index (χ0v) is 15.6. The molecular weight excluding hydrogens is 340 g/mol. The molecule has 1 aliphatic carbocycles. The second kappa shape index (κ2) is 9.21. The Labute approximate surface area is 160 Å². The van der Waals surface area contributed by atoms with Crippen molar-refractivity contribution in [2.45, 2.75) is 32.9 Å². The van der Waals surface area contributed by atoms with Crippen LogP contribution in [-0.4, -0.2) is 18.4 Å². The van der Waals surface area contributed by atoms with E-state index in [1.807, 2.05) is 54.6 Å². The molecule has 3 rings (SSSR count). The van der Waals surface area contributed by atoms with Crippen molar-refractivity contribution in [2.24, 2.45) is 11.8 Å². The number of amides is 2. The lowest BCUT2D eigenvalue weighted by Gasteiger charge is -2.10. The highest BCUT2D eigenvalue weighted by Crippen LogP contribution is 2.37. The smallest absolute Gasteiger partial charge is 0.223 e. The Balaban J connectivity index is 1.37. The molecule has 1 aliphatic rings. The Morgan fingerprint density at radius 1 is 1.04 bits per heavy atom. The van der Waals surface area contributed by atoms with Gasteiger partial charge in [0.2, 0.25) is 11.8 Å². The first-order valence-electron chi connectivity index (χ1n) is 9.42. The van der Waals surface area contributed by atoms with Gasteiger partial charge >= 0.3 is 0 Å². The monoisotopic (exact) mass is 366 g/mol. The van der Waals surface area contributed by atoms with Gasteiger partial charge in [0, 0.05) is 25.4 Å². The van der Waals surface area contributed by atoms with Crippen molar-refractivity contribution in [1.82, 2.24) is 10.6 Å². The highest BCUT2D eigenvalue weighted by molar-refractivity contribution is 5.82. The van der Waals surface area contributed by atoms with E-state index >= 15 is 0 Å². The molecular formula is C22H26N2O3. The number of nitrogens with one attached hydrogen (secondary N) is 2. The van der Waals surface area contributed by atoms with Crippen LogP contribution in [0.2, 0.25) is 0 Å². The molecule has 0 radical (unpaired) electrons. The molecule has 2 atom stereocenters. The number of hydrogen-bond acceptors (Lipinski definition) is 3. The maximum absolute atomic E-state index is 11.9. The van der Waals surface area contributed by atoms with Gasteiger partial charge in [-0.05, 0) is 35.6 Å². The first kappa shape index (κ1) is 19.0. The normalized spacial score (nSPS) is 17.8. The van der Waals surface area contributed by atoms with Crippen molar-refractivity contribution in [3.05, 3.63) is 65.7 Å². The third kappa shape index (κ3) is 6.13. The molecule has 0 heterocycles. The van der Waals surface area contributed by atoms with E-state index in [9.17, 15) is 9.59 Å². The van der Waals surface area contributed by atoms with Gasteiger partial charge in [-0.2, -0.15) is 0 Å². The summed E-state index contributed by atoms with van der Waals surface area (Å²) in [6.07, 6.45) is 1.25. The van der Waals surface area contributed by atoms with Gasteiger partial charge in [0.15, 0.2) is 0 Å². The van der Waals surface area contributed by atoms with Crippen LogP contribution in [0.15, 0.2) is 54.6 Å². The van der Waals surface area contributed by atoms with Crippen LogP contribution in [-0.2, 0) is 22.7 Å². The third-order valence-electron chi connectivity index (χ3n) is 4.73. The Hall–Kier alpha value is -2.82. The molecule has 5 nitrogen and oxygen atoms in total. The van der Waals surface area contributed by atoms with Crippen LogP contribution in [0.4, 0.5) is 0 Å². The Morgan fingerprint density at radius 2 is 1.78 bits per heavy atom. The molecule has 1 saturated carbocycles. The van der Waals surface area contributed by atoms with Crippen LogP contribution >= 0.6 is 0 Å². The van der Waals surface area contributed by atoms with Gasteiger partial charge in [-0.1, -0.05) is 49.4 Å². The van der Waals surface area contributed by atoms with Crippen LogP contribution in [0.5, 0.6) is 5.75 Å². The SMILES string of the molecule is CC1CC1C(=O)NCCC(=O)NCc1cccc(OCc2ccccc2)c1. The number of hydrogen-bond donors (Lipinski definition) is 2. The predicted octanol–water partition coefficient (Wildman–Crippen LogP) is 3.04. The lowest BCUT2D eigenvalue weighted by molar-refractivity contribution is -0.123. The number of benzene rings is 2. The summed E-state index contributed by atoms with van der Waals surface area (Å²) in [4.78, 5) is 23.7.